The molecule has 1 fully saturated rings. The van der Waals surface area contributed by atoms with E-state index >= 15 is 0 Å². The number of alkyl carbamates (subject to hydrolysis) is 1. The number of nitrogens with one attached hydrogen (secondary N) is 2. The van der Waals surface area contributed by atoms with Gasteiger partial charge in [0.1, 0.15) is 29.8 Å². The molecule has 5 rings (SSSR count). The number of ether oxygens (including phenoxy) is 3. The van der Waals surface area contributed by atoms with E-state index in [9.17, 15) is 14.0 Å². The molecule has 2 N–H and O–H groups in total. The van der Waals surface area contributed by atoms with Gasteiger partial charge in [0, 0.05) is 49.0 Å². The molecule has 2 aromatic carbocycles. The number of aryl methyl sites for hydroxylation is 1. The zero-order valence-corrected chi connectivity index (χ0v) is 30.2. The molecule has 0 radical (unpaired) electrons. The second-order valence-electron chi connectivity index (χ2n) is 14.1. The minimum Gasteiger partial charge on any atom is -0.491 e. The van der Waals surface area contributed by atoms with Gasteiger partial charge in [0.25, 0.3) is 5.91 Å². The number of benzene rings is 2. The van der Waals surface area contributed by atoms with Crippen molar-refractivity contribution in [1.29, 1.82) is 0 Å². The van der Waals surface area contributed by atoms with Gasteiger partial charge < -0.3 is 24.8 Å². The first-order valence-electron chi connectivity index (χ1n) is 17.4. The first-order chi connectivity index (χ1) is 24.3. The van der Waals surface area contributed by atoms with E-state index in [4.69, 9.17) is 14.2 Å². The first-order valence-corrected chi connectivity index (χ1v) is 17.4. The second-order valence-corrected chi connectivity index (χ2v) is 14.1. The summed E-state index contributed by atoms with van der Waals surface area (Å²) in [5.74, 6) is 0.383. The molecule has 270 valence electrons. The van der Waals surface area contributed by atoms with Gasteiger partial charge in [0.2, 0.25) is 0 Å². The van der Waals surface area contributed by atoms with Crippen LogP contribution in [0.1, 0.15) is 62.8 Å². The van der Waals surface area contributed by atoms with Gasteiger partial charge in [-0.15, -0.1) is 0 Å². The zero-order chi connectivity index (χ0) is 36.5. The molecular formula is C40H48FN5O5. The highest BCUT2D eigenvalue weighted by Crippen LogP contribution is 2.28. The number of anilines is 1. The van der Waals surface area contributed by atoms with Crippen molar-refractivity contribution < 1.29 is 28.2 Å². The Labute approximate surface area is 299 Å². The molecule has 3 heterocycles. The summed E-state index contributed by atoms with van der Waals surface area (Å²) in [6, 6.07) is 20.4. The average Bonchev–Trinajstić information content (AvgIpc) is 3.08. The van der Waals surface area contributed by atoms with Crippen LogP contribution in [0.15, 0.2) is 79.1 Å². The van der Waals surface area contributed by atoms with Crippen LogP contribution in [0.4, 0.5) is 14.9 Å². The predicted molar refractivity (Wildman–Crippen MR) is 197 cm³/mol. The third-order valence-corrected chi connectivity index (χ3v) is 8.20. The number of hydrogen-bond acceptors (Lipinski definition) is 8. The number of nitrogens with zero attached hydrogens (tertiary/aromatic N) is 3. The fourth-order valence-corrected chi connectivity index (χ4v) is 5.76. The summed E-state index contributed by atoms with van der Waals surface area (Å²) < 4.78 is 31.6. The summed E-state index contributed by atoms with van der Waals surface area (Å²) in [4.78, 5) is 36.9. The van der Waals surface area contributed by atoms with Gasteiger partial charge >= 0.3 is 6.09 Å². The zero-order valence-electron chi connectivity index (χ0n) is 30.2. The van der Waals surface area contributed by atoms with Gasteiger partial charge in [0.05, 0.1) is 18.8 Å². The van der Waals surface area contributed by atoms with Crippen molar-refractivity contribution >= 4 is 17.7 Å². The van der Waals surface area contributed by atoms with E-state index in [0.717, 1.165) is 39.3 Å². The lowest BCUT2D eigenvalue weighted by atomic mass is 10.00. The van der Waals surface area contributed by atoms with Crippen molar-refractivity contribution in [2.75, 3.05) is 31.6 Å². The number of hydrogen-bond donors (Lipinski definition) is 2. The third kappa shape index (κ3) is 11.3. The number of alkyl halides is 1. The Morgan fingerprint density at radius 1 is 0.941 bits per heavy atom. The van der Waals surface area contributed by atoms with Gasteiger partial charge in [-0.1, -0.05) is 18.2 Å². The molecule has 0 unspecified atom stereocenters. The molecule has 4 aromatic rings. The van der Waals surface area contributed by atoms with E-state index in [2.05, 4.69) is 25.5 Å². The van der Waals surface area contributed by atoms with Gasteiger partial charge in [0.15, 0.2) is 0 Å². The summed E-state index contributed by atoms with van der Waals surface area (Å²) >= 11 is 0. The molecule has 1 saturated heterocycles. The summed E-state index contributed by atoms with van der Waals surface area (Å²) in [5.41, 5.74) is 5.51. The average molecular weight is 698 g/mol. The summed E-state index contributed by atoms with van der Waals surface area (Å²) in [6.45, 7) is 13.5. The lowest BCUT2D eigenvalue weighted by Crippen LogP contribution is -2.54. The van der Waals surface area contributed by atoms with Crippen molar-refractivity contribution in [3.8, 4) is 28.0 Å². The summed E-state index contributed by atoms with van der Waals surface area (Å²) in [5, 5.41) is 5.75. The van der Waals surface area contributed by atoms with E-state index < -0.39 is 23.9 Å². The molecular weight excluding hydrogens is 649 g/mol. The van der Waals surface area contributed by atoms with Crippen molar-refractivity contribution in [1.82, 2.24) is 20.2 Å². The Hall–Kier alpha value is -4.87. The van der Waals surface area contributed by atoms with Crippen LogP contribution in [0.25, 0.3) is 22.3 Å². The highest BCUT2D eigenvalue weighted by Gasteiger charge is 2.32. The Morgan fingerprint density at radius 2 is 1.71 bits per heavy atom. The summed E-state index contributed by atoms with van der Waals surface area (Å²) in [6.07, 6.45) is 2.03. The number of piperidine rings is 1. The third-order valence-electron chi connectivity index (χ3n) is 8.20. The van der Waals surface area contributed by atoms with E-state index in [1.807, 2.05) is 81.4 Å². The lowest BCUT2D eigenvalue weighted by Gasteiger charge is -2.35. The molecule has 0 bridgehead atoms. The minimum atomic E-state index is -1.18. The number of likely N-dealkylation sites (tertiary alicyclic amines) is 1. The van der Waals surface area contributed by atoms with Crippen molar-refractivity contribution in [3.05, 3.63) is 96.1 Å². The van der Waals surface area contributed by atoms with Gasteiger partial charge in [-0.05, 0) is 119 Å². The number of amides is 2. The topological polar surface area (TPSA) is 115 Å². The number of pyridine rings is 2. The smallest absolute Gasteiger partial charge is 0.408 e. The maximum Gasteiger partial charge on any atom is 0.408 e. The van der Waals surface area contributed by atoms with Crippen LogP contribution in [0.5, 0.6) is 5.75 Å². The van der Waals surface area contributed by atoms with Crippen LogP contribution in [0.3, 0.4) is 0 Å². The van der Waals surface area contributed by atoms with Crippen LogP contribution >= 0.6 is 0 Å². The van der Waals surface area contributed by atoms with Crippen LogP contribution in [0, 0.1) is 6.92 Å². The molecule has 0 saturated carbocycles. The maximum absolute atomic E-state index is 14.9. The fraction of sp³-hybridized carbons (Fsp3) is 0.400. The normalized spacial score (nSPS) is 16.5. The van der Waals surface area contributed by atoms with Crippen LogP contribution in [-0.2, 0) is 16.0 Å². The molecule has 0 aliphatic carbocycles. The quantitative estimate of drug-likeness (QED) is 0.146. The number of rotatable bonds is 12. The predicted octanol–water partition coefficient (Wildman–Crippen LogP) is 7.61. The highest BCUT2D eigenvalue weighted by atomic mass is 19.1. The Balaban J connectivity index is 1.31. The van der Waals surface area contributed by atoms with E-state index in [1.54, 1.807) is 39.2 Å². The van der Waals surface area contributed by atoms with Crippen molar-refractivity contribution in [2.45, 2.75) is 78.4 Å². The number of halogens is 1. The Kier molecular flexibility index (Phi) is 12.4. The SMILES string of the molecule is Cc1ccc(-c2cc(CN3CC[C@@H](F)[C@H](NC(=O)OC(C)(C)C)C3)cc(NC(=O)c3cc(-c4ccc(OCCOC(C)C)cc4)ccn3)c2)cn1. The van der Waals surface area contributed by atoms with Crippen molar-refractivity contribution in [2.24, 2.45) is 0 Å². The van der Waals surface area contributed by atoms with E-state index in [0.29, 0.717) is 38.5 Å². The second kappa shape index (κ2) is 16.9. The maximum atomic E-state index is 14.9. The molecule has 0 spiro atoms. The molecule has 2 amide bonds. The van der Waals surface area contributed by atoms with Gasteiger partial charge in [-0.2, -0.15) is 0 Å². The Morgan fingerprint density at radius 3 is 2.41 bits per heavy atom. The molecule has 10 nitrogen and oxygen atoms in total. The van der Waals surface area contributed by atoms with Crippen LogP contribution in [0.2, 0.25) is 0 Å². The summed E-state index contributed by atoms with van der Waals surface area (Å²) in [7, 11) is 0. The number of carbonyl (C=O) groups excluding carboxylic acids is 2. The molecule has 1 aliphatic heterocycles. The Bertz CT molecular complexity index is 1780. The first kappa shape index (κ1) is 37.4. The minimum absolute atomic E-state index is 0.154. The fourth-order valence-electron chi connectivity index (χ4n) is 5.76. The van der Waals surface area contributed by atoms with Gasteiger partial charge in [-0.3, -0.25) is 19.7 Å². The lowest BCUT2D eigenvalue weighted by molar-refractivity contribution is 0.0388. The molecule has 1 aliphatic rings. The molecule has 11 heteroatoms. The highest BCUT2D eigenvalue weighted by molar-refractivity contribution is 6.03. The van der Waals surface area contributed by atoms with Crippen LogP contribution in [-0.4, -0.2) is 77.1 Å². The molecule has 2 aromatic heterocycles. The van der Waals surface area contributed by atoms with Gasteiger partial charge in [-0.25, -0.2) is 9.18 Å². The van der Waals surface area contributed by atoms with E-state index in [1.165, 1.54) is 0 Å². The largest absolute Gasteiger partial charge is 0.491 e. The monoisotopic (exact) mass is 697 g/mol. The molecule has 2 atom stereocenters. The standard InChI is InChI=1S/C40H48FN5O5/c1-26(2)49-17-18-50-34-11-9-29(10-12-34)30-13-15-42-36(22-30)38(47)44-33-20-28(19-32(21-33)31-8-7-27(3)43-23-31)24-46-16-14-35(41)37(25-46)45-39(48)51-40(4,5)6/h7-13,15,19-23,26,35,37H,14,16-18,24-25H2,1-6H3,(H,44,47)(H,45,48)/t35-,37-/m1/s1. The number of carbonyl (C=O) groups is 2. The van der Waals surface area contributed by atoms with Crippen molar-refractivity contribution in [3.63, 3.8) is 0 Å². The van der Waals surface area contributed by atoms with Crippen LogP contribution < -0.4 is 15.4 Å². The van der Waals surface area contributed by atoms with E-state index in [-0.39, 0.29) is 24.1 Å². The number of aromatic nitrogens is 2. The molecule has 51 heavy (non-hydrogen) atoms.